The van der Waals surface area contributed by atoms with Crippen LogP contribution in [-0.2, 0) is 20.9 Å². The molecule has 1 atom stereocenters. The minimum atomic E-state index is -4.63. The van der Waals surface area contributed by atoms with Crippen molar-refractivity contribution in [3.05, 3.63) is 65.7 Å². The monoisotopic (exact) mass is 522 g/mol. The van der Waals surface area contributed by atoms with Gasteiger partial charge in [-0.15, -0.1) is 5.10 Å². The number of alkyl halides is 3. The molecule has 1 aromatic heterocycles. The van der Waals surface area contributed by atoms with Gasteiger partial charge in [0.15, 0.2) is 11.4 Å². The summed E-state index contributed by atoms with van der Waals surface area (Å²) >= 11 is 0. The Morgan fingerprint density at radius 3 is 2.43 bits per heavy atom. The lowest BCUT2D eigenvalue weighted by Gasteiger charge is -2.28. The molecule has 7 nitrogen and oxygen atoms in total. The zero-order valence-electron chi connectivity index (χ0n) is 19.8. The van der Waals surface area contributed by atoms with Crippen LogP contribution in [0.2, 0.25) is 0 Å². The van der Waals surface area contributed by atoms with Gasteiger partial charge in [0.1, 0.15) is 11.6 Å². The maximum Gasteiger partial charge on any atom is 0.416 e. The molecule has 12 heteroatoms. The zero-order valence-corrected chi connectivity index (χ0v) is 19.8. The van der Waals surface area contributed by atoms with Crippen molar-refractivity contribution < 1.29 is 36.3 Å². The first-order valence-corrected chi connectivity index (χ1v) is 11.3. The molecular formula is C25H23F5N4O3. The third-order valence-corrected chi connectivity index (χ3v) is 5.92. The molecule has 0 saturated carbocycles. The van der Waals surface area contributed by atoms with E-state index in [2.05, 4.69) is 15.7 Å². The van der Waals surface area contributed by atoms with Gasteiger partial charge in [-0.05, 0) is 61.9 Å². The van der Waals surface area contributed by atoms with Crippen LogP contribution in [-0.4, -0.2) is 39.9 Å². The van der Waals surface area contributed by atoms with E-state index in [1.807, 2.05) is 0 Å². The fraction of sp³-hybridized carbons (Fsp3) is 0.320. The van der Waals surface area contributed by atoms with Crippen LogP contribution in [0.15, 0.2) is 48.5 Å². The fourth-order valence-electron chi connectivity index (χ4n) is 3.67. The third kappa shape index (κ3) is 5.96. The van der Waals surface area contributed by atoms with Crippen LogP contribution in [0.5, 0.6) is 0 Å². The van der Waals surface area contributed by atoms with Crippen LogP contribution < -0.4 is 10.6 Å². The summed E-state index contributed by atoms with van der Waals surface area (Å²) in [6.45, 7) is 1.41. The Kier molecular flexibility index (Phi) is 7.05. The Morgan fingerprint density at radius 1 is 1.11 bits per heavy atom. The number of aromatic nitrogens is 2. The molecule has 1 aliphatic rings. The summed E-state index contributed by atoms with van der Waals surface area (Å²) in [4.78, 5) is 24.0. The van der Waals surface area contributed by atoms with Gasteiger partial charge in [0.25, 0.3) is 0 Å². The molecule has 0 unspecified atom stereocenters. The predicted molar refractivity (Wildman–Crippen MR) is 124 cm³/mol. The van der Waals surface area contributed by atoms with E-state index in [-0.39, 0.29) is 41.5 Å². The summed E-state index contributed by atoms with van der Waals surface area (Å²) in [5.74, 6) is -2.43. The van der Waals surface area contributed by atoms with E-state index in [4.69, 9.17) is 4.74 Å². The predicted octanol–water partition coefficient (Wildman–Crippen LogP) is 4.75. The number of nitrogens with zero attached hydrogens (tertiary/aromatic N) is 2. The lowest BCUT2D eigenvalue weighted by atomic mass is 10.1. The topological polar surface area (TPSA) is 85.2 Å². The number of halogens is 5. The average molecular weight is 522 g/mol. The Morgan fingerprint density at radius 2 is 1.81 bits per heavy atom. The summed E-state index contributed by atoms with van der Waals surface area (Å²) in [5.41, 5.74) is -1.42. The minimum Gasteiger partial charge on any atom is -0.361 e. The van der Waals surface area contributed by atoms with Crippen molar-refractivity contribution in [2.45, 2.75) is 38.7 Å². The summed E-state index contributed by atoms with van der Waals surface area (Å²) in [6.07, 6.45) is -4.60. The number of nitrogens with one attached hydrogen (secondary N) is 2. The van der Waals surface area contributed by atoms with Gasteiger partial charge >= 0.3 is 6.18 Å². The van der Waals surface area contributed by atoms with Crippen LogP contribution in [0.3, 0.4) is 0 Å². The molecule has 1 fully saturated rings. The van der Waals surface area contributed by atoms with E-state index in [0.717, 1.165) is 26.0 Å². The molecule has 1 aliphatic heterocycles. The van der Waals surface area contributed by atoms with Crippen LogP contribution in [0.25, 0.3) is 16.9 Å². The maximum atomic E-state index is 14.5. The number of benzene rings is 2. The normalized spacial score (nSPS) is 16.1. The second-order valence-corrected chi connectivity index (χ2v) is 9.14. The van der Waals surface area contributed by atoms with Gasteiger partial charge in [0, 0.05) is 24.6 Å². The molecule has 0 radical (unpaired) electrons. The third-order valence-electron chi connectivity index (χ3n) is 5.92. The van der Waals surface area contributed by atoms with Crippen LogP contribution in [0.4, 0.5) is 27.8 Å². The lowest BCUT2D eigenvalue weighted by molar-refractivity contribution is -0.267. The van der Waals surface area contributed by atoms with Gasteiger partial charge in [0.05, 0.1) is 23.9 Å². The SMILES string of the molecule is CC(C)(OCc1cc(F)cc(-c2cc(NC(=O)[C@H]3CNC(=O)C3)nn2-c2ccc(F)cc2)c1)C(F)(F)F. The van der Waals surface area contributed by atoms with Crippen molar-refractivity contribution in [3.8, 4) is 16.9 Å². The molecule has 37 heavy (non-hydrogen) atoms. The first-order valence-electron chi connectivity index (χ1n) is 11.3. The standard InChI is InChI=1S/C25H23F5N4O3/c1-24(2,25(28,29)30)37-13-14-7-15(9-18(27)8-14)20-11-21(32-23(36)16-10-22(35)31-12-16)33-34(20)19-5-3-17(26)4-6-19/h3-9,11,16H,10,12-13H2,1-2H3,(H,31,35)(H,32,33,36)/t16-/m1/s1. The molecule has 2 amide bonds. The Labute approximate surface area is 208 Å². The highest BCUT2D eigenvalue weighted by molar-refractivity contribution is 5.97. The summed E-state index contributed by atoms with van der Waals surface area (Å²) in [5, 5.41) is 9.54. The van der Waals surface area contributed by atoms with Crippen molar-refractivity contribution in [2.75, 3.05) is 11.9 Å². The van der Waals surface area contributed by atoms with Crippen LogP contribution >= 0.6 is 0 Å². The number of carbonyl (C=O) groups is 2. The molecule has 196 valence electrons. The molecule has 2 heterocycles. The molecule has 0 aliphatic carbocycles. The number of amides is 2. The van der Waals surface area contributed by atoms with Gasteiger partial charge in [-0.2, -0.15) is 13.2 Å². The van der Waals surface area contributed by atoms with Crippen molar-refractivity contribution >= 4 is 17.6 Å². The number of rotatable bonds is 7. The molecule has 0 spiro atoms. The highest BCUT2D eigenvalue weighted by Gasteiger charge is 2.48. The number of carbonyl (C=O) groups excluding carboxylic acids is 2. The first kappa shape index (κ1) is 26.3. The van der Waals surface area contributed by atoms with Crippen molar-refractivity contribution in [1.29, 1.82) is 0 Å². The Balaban J connectivity index is 1.68. The van der Waals surface area contributed by atoms with E-state index in [1.54, 1.807) is 0 Å². The van der Waals surface area contributed by atoms with Crippen molar-refractivity contribution in [2.24, 2.45) is 5.92 Å². The summed E-state index contributed by atoms with van der Waals surface area (Å²) < 4.78 is 74.0. The molecule has 3 aromatic rings. The van der Waals surface area contributed by atoms with Crippen LogP contribution in [0.1, 0.15) is 25.8 Å². The number of hydrogen-bond acceptors (Lipinski definition) is 4. The largest absolute Gasteiger partial charge is 0.416 e. The van der Waals surface area contributed by atoms with Crippen molar-refractivity contribution in [3.63, 3.8) is 0 Å². The lowest BCUT2D eigenvalue weighted by Crippen LogP contribution is -2.41. The first-order chi connectivity index (χ1) is 17.3. The highest BCUT2D eigenvalue weighted by atomic mass is 19.4. The molecule has 0 bridgehead atoms. The molecule has 1 saturated heterocycles. The number of hydrogen-bond donors (Lipinski definition) is 2. The Hall–Kier alpha value is -3.80. The van der Waals surface area contributed by atoms with Gasteiger partial charge in [-0.3, -0.25) is 9.59 Å². The molecule has 2 aromatic carbocycles. The Bertz CT molecular complexity index is 1320. The van der Waals surface area contributed by atoms with Gasteiger partial charge < -0.3 is 15.4 Å². The molecule has 4 rings (SSSR count). The van der Waals surface area contributed by atoms with Gasteiger partial charge in [-0.25, -0.2) is 13.5 Å². The quantitative estimate of drug-likeness (QED) is 0.439. The van der Waals surface area contributed by atoms with Gasteiger partial charge in [0.2, 0.25) is 11.8 Å². The summed E-state index contributed by atoms with van der Waals surface area (Å²) in [7, 11) is 0. The van der Waals surface area contributed by atoms with Crippen molar-refractivity contribution in [1.82, 2.24) is 15.1 Å². The zero-order chi connectivity index (χ0) is 27.0. The van der Waals surface area contributed by atoms with E-state index >= 15 is 0 Å². The molecule has 2 N–H and O–H groups in total. The maximum absolute atomic E-state index is 14.5. The minimum absolute atomic E-state index is 0.0267. The van der Waals surface area contributed by atoms with Crippen LogP contribution in [0, 0.1) is 17.6 Å². The average Bonchev–Trinajstić information content (AvgIpc) is 3.44. The fourth-order valence-corrected chi connectivity index (χ4v) is 3.67. The van der Waals surface area contributed by atoms with E-state index in [0.29, 0.717) is 5.69 Å². The number of ether oxygens (including phenoxy) is 1. The van der Waals surface area contributed by atoms with Gasteiger partial charge in [-0.1, -0.05) is 0 Å². The van der Waals surface area contributed by atoms with E-state index < -0.39 is 41.8 Å². The van der Waals surface area contributed by atoms with E-state index in [9.17, 15) is 31.5 Å². The molecular weight excluding hydrogens is 499 g/mol. The second kappa shape index (κ2) is 9.92. The summed E-state index contributed by atoms with van der Waals surface area (Å²) in [6, 6.07) is 10.3. The highest BCUT2D eigenvalue weighted by Crippen LogP contribution is 2.34. The van der Waals surface area contributed by atoms with E-state index in [1.165, 1.54) is 41.1 Å². The smallest absolute Gasteiger partial charge is 0.361 e. The second-order valence-electron chi connectivity index (χ2n) is 9.14. The number of anilines is 1.